The summed E-state index contributed by atoms with van der Waals surface area (Å²) in [7, 11) is -2.47. The van der Waals surface area contributed by atoms with Gasteiger partial charge in [0, 0.05) is 19.2 Å². The lowest BCUT2D eigenvalue weighted by molar-refractivity contribution is -0.139. The third-order valence-corrected chi connectivity index (χ3v) is 6.46. The molecule has 8 nitrogen and oxygen atoms in total. The summed E-state index contributed by atoms with van der Waals surface area (Å²) in [6, 6.07) is 1.24. The number of likely N-dealkylation sites (tertiary alicyclic amines) is 1. The normalized spacial score (nSPS) is 22.6. The molecule has 3 rings (SSSR count). The topological polar surface area (TPSA) is 117 Å². The van der Waals surface area contributed by atoms with E-state index in [0.29, 0.717) is 32.4 Å². The molecule has 1 amide bonds. The van der Waals surface area contributed by atoms with Gasteiger partial charge in [-0.15, -0.1) is 0 Å². The Labute approximate surface area is 139 Å². The SMILES string of the molecule is CNS(=O)(=O)c1cc(C(=O)N2CCC3(CC2)CC3C(=O)O)c(C)o1. The van der Waals surface area contributed by atoms with E-state index in [2.05, 4.69) is 4.72 Å². The Morgan fingerprint density at radius 3 is 2.50 bits per heavy atom. The van der Waals surface area contributed by atoms with Crippen LogP contribution in [-0.4, -0.2) is 50.4 Å². The van der Waals surface area contributed by atoms with Crippen LogP contribution in [-0.2, 0) is 14.8 Å². The molecule has 2 aliphatic rings. The molecular formula is C15H20N2O6S. The van der Waals surface area contributed by atoms with Gasteiger partial charge in [0.2, 0.25) is 5.09 Å². The fourth-order valence-corrected chi connectivity index (χ4v) is 4.18. The molecule has 132 valence electrons. The summed E-state index contributed by atoms with van der Waals surface area (Å²) < 4.78 is 30.9. The van der Waals surface area contributed by atoms with Gasteiger partial charge in [-0.2, -0.15) is 0 Å². The Morgan fingerprint density at radius 2 is 2.00 bits per heavy atom. The van der Waals surface area contributed by atoms with E-state index in [1.165, 1.54) is 13.1 Å². The van der Waals surface area contributed by atoms with Crippen LogP contribution in [0.4, 0.5) is 0 Å². The maximum absolute atomic E-state index is 12.6. The van der Waals surface area contributed by atoms with Gasteiger partial charge >= 0.3 is 5.97 Å². The second kappa shape index (κ2) is 5.59. The first-order valence-corrected chi connectivity index (χ1v) is 9.24. The Balaban J connectivity index is 1.72. The molecule has 2 fully saturated rings. The van der Waals surface area contributed by atoms with Gasteiger partial charge in [0.1, 0.15) is 5.76 Å². The number of piperidine rings is 1. The molecule has 1 aliphatic carbocycles. The second-order valence-corrected chi connectivity index (χ2v) is 8.31. The van der Waals surface area contributed by atoms with Crippen molar-refractivity contribution in [2.24, 2.45) is 11.3 Å². The number of aryl methyl sites for hydroxylation is 1. The van der Waals surface area contributed by atoms with Crippen LogP contribution in [0.5, 0.6) is 0 Å². The second-order valence-electron chi connectivity index (χ2n) is 6.49. The number of nitrogens with one attached hydrogen (secondary N) is 1. The molecule has 0 radical (unpaired) electrons. The van der Waals surface area contributed by atoms with E-state index in [1.54, 1.807) is 11.8 Å². The molecule has 0 bridgehead atoms. The molecule has 0 aromatic carbocycles. The summed E-state index contributed by atoms with van der Waals surface area (Å²) >= 11 is 0. The van der Waals surface area contributed by atoms with Crippen LogP contribution >= 0.6 is 0 Å². The molecule has 1 aromatic rings. The Kier molecular flexibility index (Phi) is 3.95. The highest BCUT2D eigenvalue weighted by Gasteiger charge is 2.59. The zero-order valence-electron chi connectivity index (χ0n) is 13.5. The Bertz CT molecular complexity index is 789. The van der Waals surface area contributed by atoms with Gasteiger partial charge in [0.15, 0.2) is 0 Å². The first-order valence-electron chi connectivity index (χ1n) is 7.76. The fraction of sp³-hybridized carbons (Fsp3) is 0.600. The van der Waals surface area contributed by atoms with Crippen LogP contribution in [0.3, 0.4) is 0 Å². The molecule has 1 saturated heterocycles. The standard InChI is InChI=1S/C15H20N2O6S/c1-9-10(7-12(23-9)24(21,22)16-2)13(18)17-5-3-15(4-6-17)8-11(15)14(19)20/h7,11,16H,3-6,8H2,1-2H3,(H,19,20). The van der Waals surface area contributed by atoms with Gasteiger partial charge in [-0.25, -0.2) is 13.1 Å². The Hall–Kier alpha value is -1.87. The van der Waals surface area contributed by atoms with Crippen LogP contribution in [0.15, 0.2) is 15.6 Å². The lowest BCUT2D eigenvalue weighted by atomic mass is 9.90. The van der Waals surface area contributed by atoms with E-state index in [1.807, 2.05) is 0 Å². The molecule has 9 heteroatoms. The van der Waals surface area contributed by atoms with Crippen LogP contribution in [0.2, 0.25) is 0 Å². The zero-order chi connectivity index (χ0) is 17.7. The number of amides is 1. The van der Waals surface area contributed by atoms with E-state index in [4.69, 9.17) is 9.52 Å². The van der Waals surface area contributed by atoms with Gasteiger partial charge in [0.25, 0.3) is 15.9 Å². The predicted octanol–water partition coefficient (Wildman–Crippen LogP) is 0.823. The van der Waals surface area contributed by atoms with E-state index in [-0.39, 0.29) is 33.7 Å². The van der Waals surface area contributed by atoms with E-state index >= 15 is 0 Å². The zero-order valence-corrected chi connectivity index (χ0v) is 14.4. The summed E-state index contributed by atoms with van der Waals surface area (Å²) in [5.41, 5.74) is 0.0691. The number of furan rings is 1. The summed E-state index contributed by atoms with van der Waals surface area (Å²) in [5, 5.41) is 8.82. The molecule has 1 aliphatic heterocycles. The first kappa shape index (κ1) is 17.0. The van der Waals surface area contributed by atoms with Crippen LogP contribution in [0.25, 0.3) is 0 Å². The highest BCUT2D eigenvalue weighted by molar-refractivity contribution is 7.89. The molecule has 1 aromatic heterocycles. The van der Waals surface area contributed by atoms with Gasteiger partial charge in [-0.3, -0.25) is 9.59 Å². The molecule has 1 spiro atoms. The van der Waals surface area contributed by atoms with Crippen molar-refractivity contribution < 1.29 is 27.5 Å². The van der Waals surface area contributed by atoms with E-state index in [9.17, 15) is 18.0 Å². The van der Waals surface area contributed by atoms with Crippen molar-refractivity contribution in [2.75, 3.05) is 20.1 Å². The molecule has 1 saturated carbocycles. The number of aliphatic carboxylic acids is 1. The van der Waals surface area contributed by atoms with Crippen molar-refractivity contribution in [3.05, 3.63) is 17.4 Å². The minimum Gasteiger partial charge on any atom is -0.481 e. The molecular weight excluding hydrogens is 336 g/mol. The van der Waals surface area contributed by atoms with Crippen LogP contribution in [0, 0.1) is 18.3 Å². The highest BCUT2D eigenvalue weighted by Crippen LogP contribution is 2.59. The number of rotatable bonds is 4. The van der Waals surface area contributed by atoms with Gasteiger partial charge in [0.05, 0.1) is 11.5 Å². The van der Waals surface area contributed by atoms with Crippen LogP contribution in [0.1, 0.15) is 35.4 Å². The quantitative estimate of drug-likeness (QED) is 0.825. The Morgan fingerprint density at radius 1 is 1.38 bits per heavy atom. The number of sulfonamides is 1. The monoisotopic (exact) mass is 356 g/mol. The first-order chi connectivity index (χ1) is 11.2. The summed E-state index contributed by atoms with van der Waals surface area (Å²) in [5.74, 6) is -1.08. The largest absolute Gasteiger partial charge is 0.481 e. The molecule has 1 atom stereocenters. The average molecular weight is 356 g/mol. The van der Waals surface area contributed by atoms with Crippen molar-refractivity contribution >= 4 is 21.9 Å². The maximum atomic E-state index is 12.6. The van der Waals surface area contributed by atoms with Crippen molar-refractivity contribution in [3.8, 4) is 0 Å². The minimum atomic E-state index is -3.74. The highest BCUT2D eigenvalue weighted by atomic mass is 32.2. The number of hydrogen-bond acceptors (Lipinski definition) is 5. The molecule has 2 N–H and O–H groups in total. The average Bonchev–Trinajstić information content (AvgIpc) is 3.10. The third kappa shape index (κ3) is 2.71. The number of carbonyl (C=O) groups excluding carboxylic acids is 1. The lowest BCUT2D eigenvalue weighted by Gasteiger charge is -2.32. The van der Waals surface area contributed by atoms with Crippen molar-refractivity contribution in [3.63, 3.8) is 0 Å². The predicted molar refractivity (Wildman–Crippen MR) is 83.0 cm³/mol. The summed E-state index contributed by atoms with van der Waals surface area (Å²) in [4.78, 5) is 25.4. The fourth-order valence-electron chi connectivity index (χ4n) is 3.48. The van der Waals surface area contributed by atoms with E-state index in [0.717, 1.165) is 0 Å². The van der Waals surface area contributed by atoms with Crippen molar-refractivity contribution in [2.45, 2.75) is 31.3 Å². The van der Waals surface area contributed by atoms with Gasteiger partial charge in [-0.1, -0.05) is 0 Å². The summed E-state index contributed by atoms with van der Waals surface area (Å²) in [6.45, 7) is 2.50. The smallest absolute Gasteiger partial charge is 0.307 e. The minimum absolute atomic E-state index is 0.158. The number of nitrogens with zero attached hydrogens (tertiary/aromatic N) is 1. The third-order valence-electron chi connectivity index (χ3n) is 5.19. The molecule has 24 heavy (non-hydrogen) atoms. The van der Waals surface area contributed by atoms with Gasteiger partial charge in [-0.05, 0) is 38.6 Å². The number of hydrogen-bond donors (Lipinski definition) is 2. The number of carboxylic acid groups (broad SMARTS) is 1. The molecule has 1 unspecified atom stereocenters. The summed E-state index contributed by atoms with van der Waals surface area (Å²) in [6.07, 6.45) is 2.00. The number of carbonyl (C=O) groups is 2. The van der Waals surface area contributed by atoms with Crippen molar-refractivity contribution in [1.82, 2.24) is 9.62 Å². The van der Waals surface area contributed by atoms with E-state index < -0.39 is 16.0 Å². The maximum Gasteiger partial charge on any atom is 0.307 e. The van der Waals surface area contributed by atoms with Crippen LogP contribution < -0.4 is 4.72 Å². The molecule has 2 heterocycles. The van der Waals surface area contributed by atoms with Crippen molar-refractivity contribution in [1.29, 1.82) is 0 Å². The van der Waals surface area contributed by atoms with Gasteiger partial charge < -0.3 is 14.4 Å². The number of carboxylic acids is 1. The lowest BCUT2D eigenvalue weighted by Crippen LogP contribution is -2.40.